The molecule has 1 aliphatic rings. The van der Waals surface area contributed by atoms with Gasteiger partial charge in [0.05, 0.1) is 5.02 Å². The predicted octanol–water partition coefficient (Wildman–Crippen LogP) is 3.18. The van der Waals surface area contributed by atoms with Crippen molar-refractivity contribution in [2.24, 2.45) is 0 Å². The van der Waals surface area contributed by atoms with Gasteiger partial charge in [-0.3, -0.25) is 5.32 Å². The lowest BCUT2D eigenvalue weighted by atomic mass is 9.91. The summed E-state index contributed by atoms with van der Waals surface area (Å²) < 4.78 is 13.5. The van der Waals surface area contributed by atoms with Crippen LogP contribution >= 0.6 is 23.2 Å². The Labute approximate surface area is 114 Å². The molecule has 1 aromatic carbocycles. The van der Waals surface area contributed by atoms with Crippen molar-refractivity contribution in [1.29, 1.82) is 0 Å². The molecule has 0 aliphatic heterocycles. The highest BCUT2D eigenvalue weighted by molar-refractivity contribution is 6.35. The van der Waals surface area contributed by atoms with Gasteiger partial charge in [-0.2, -0.15) is 0 Å². The number of aliphatic carboxylic acids is 1. The van der Waals surface area contributed by atoms with Gasteiger partial charge in [0.1, 0.15) is 11.4 Å². The molecule has 0 heterocycles. The fourth-order valence-electron chi connectivity index (χ4n) is 1.80. The van der Waals surface area contributed by atoms with Crippen LogP contribution in [0.25, 0.3) is 0 Å². The first-order valence-corrected chi connectivity index (χ1v) is 6.26. The van der Waals surface area contributed by atoms with Crippen LogP contribution in [-0.2, 0) is 10.3 Å². The summed E-state index contributed by atoms with van der Waals surface area (Å²) >= 11 is 11.6. The van der Waals surface area contributed by atoms with Crippen molar-refractivity contribution in [3.05, 3.63) is 33.6 Å². The molecule has 0 saturated heterocycles. The second-order valence-electron chi connectivity index (χ2n) is 4.59. The van der Waals surface area contributed by atoms with Crippen molar-refractivity contribution in [2.75, 3.05) is 0 Å². The molecular formula is C12H12Cl2FNO2. The maximum Gasteiger partial charge on any atom is 0.328 e. The molecule has 2 rings (SSSR count). The molecule has 1 atom stereocenters. The zero-order valence-corrected chi connectivity index (χ0v) is 11.1. The van der Waals surface area contributed by atoms with E-state index in [0.29, 0.717) is 0 Å². The first-order chi connectivity index (χ1) is 8.34. The summed E-state index contributed by atoms with van der Waals surface area (Å²) in [6.45, 7) is 1.47. The van der Waals surface area contributed by atoms with Crippen LogP contribution in [0.15, 0.2) is 12.1 Å². The van der Waals surface area contributed by atoms with Gasteiger partial charge in [-0.05, 0) is 31.9 Å². The van der Waals surface area contributed by atoms with Crippen molar-refractivity contribution in [3.8, 4) is 0 Å². The Balaban J connectivity index is 2.47. The van der Waals surface area contributed by atoms with Gasteiger partial charge in [0.2, 0.25) is 0 Å². The van der Waals surface area contributed by atoms with Crippen LogP contribution in [-0.4, -0.2) is 17.1 Å². The molecule has 1 unspecified atom stereocenters. The van der Waals surface area contributed by atoms with E-state index in [1.807, 2.05) is 0 Å². The molecule has 18 heavy (non-hydrogen) atoms. The molecule has 0 spiro atoms. The Morgan fingerprint density at radius 2 is 2.06 bits per heavy atom. The lowest BCUT2D eigenvalue weighted by molar-refractivity contribution is -0.144. The largest absolute Gasteiger partial charge is 0.480 e. The van der Waals surface area contributed by atoms with Gasteiger partial charge in [0.25, 0.3) is 0 Å². The molecule has 0 aromatic heterocycles. The van der Waals surface area contributed by atoms with E-state index in [4.69, 9.17) is 23.2 Å². The smallest absolute Gasteiger partial charge is 0.328 e. The van der Waals surface area contributed by atoms with Crippen LogP contribution < -0.4 is 5.32 Å². The van der Waals surface area contributed by atoms with Crippen molar-refractivity contribution in [1.82, 2.24) is 5.32 Å². The Morgan fingerprint density at radius 1 is 1.44 bits per heavy atom. The lowest BCUT2D eigenvalue weighted by Crippen LogP contribution is -2.48. The van der Waals surface area contributed by atoms with E-state index < -0.39 is 17.3 Å². The van der Waals surface area contributed by atoms with Crippen LogP contribution in [0.5, 0.6) is 0 Å². The first-order valence-electron chi connectivity index (χ1n) is 5.50. The van der Waals surface area contributed by atoms with E-state index in [0.717, 1.165) is 18.9 Å². The minimum absolute atomic E-state index is 0.122. The molecule has 1 saturated carbocycles. The van der Waals surface area contributed by atoms with Gasteiger partial charge in [0, 0.05) is 16.6 Å². The van der Waals surface area contributed by atoms with E-state index in [9.17, 15) is 14.3 Å². The van der Waals surface area contributed by atoms with Crippen LogP contribution in [0.2, 0.25) is 10.0 Å². The molecule has 6 heteroatoms. The zero-order chi connectivity index (χ0) is 13.5. The number of hydrogen-bond donors (Lipinski definition) is 2. The molecule has 1 aliphatic carbocycles. The number of halogens is 3. The average Bonchev–Trinajstić information content (AvgIpc) is 3.06. The molecule has 0 radical (unpaired) electrons. The van der Waals surface area contributed by atoms with Crippen molar-refractivity contribution < 1.29 is 14.3 Å². The minimum Gasteiger partial charge on any atom is -0.480 e. The number of carbonyl (C=O) groups is 1. The van der Waals surface area contributed by atoms with Crippen LogP contribution in [0.4, 0.5) is 4.39 Å². The molecule has 2 N–H and O–H groups in total. The average molecular weight is 292 g/mol. The molecule has 1 aromatic rings. The van der Waals surface area contributed by atoms with E-state index >= 15 is 0 Å². The summed E-state index contributed by atoms with van der Waals surface area (Å²) in [6, 6.07) is 2.44. The predicted molar refractivity (Wildman–Crippen MR) is 67.6 cm³/mol. The van der Waals surface area contributed by atoms with Gasteiger partial charge >= 0.3 is 5.97 Å². The monoisotopic (exact) mass is 291 g/mol. The number of benzene rings is 1. The summed E-state index contributed by atoms with van der Waals surface area (Å²) in [5.41, 5.74) is -1.23. The molecule has 98 valence electrons. The van der Waals surface area contributed by atoms with Crippen LogP contribution in [0.1, 0.15) is 25.3 Å². The fourth-order valence-corrected chi connectivity index (χ4v) is 2.37. The second kappa shape index (κ2) is 4.68. The zero-order valence-electron chi connectivity index (χ0n) is 9.64. The lowest BCUT2D eigenvalue weighted by Gasteiger charge is -2.28. The molecule has 1 fully saturated rings. The van der Waals surface area contributed by atoms with Gasteiger partial charge in [-0.15, -0.1) is 0 Å². The molecule has 0 amide bonds. The maximum atomic E-state index is 13.5. The topological polar surface area (TPSA) is 49.3 Å². The molecule has 0 bridgehead atoms. The maximum absolute atomic E-state index is 13.5. The van der Waals surface area contributed by atoms with E-state index in [2.05, 4.69) is 5.32 Å². The standard InChI is InChI=1S/C12H12Cl2FNO2/c1-12(11(17)18,16-6-2-3-6)7-4-10(15)9(14)5-8(7)13/h4-6,16H,2-3H2,1H3,(H,17,18). The summed E-state index contributed by atoms with van der Waals surface area (Å²) in [4.78, 5) is 11.5. The van der Waals surface area contributed by atoms with Crippen molar-refractivity contribution in [2.45, 2.75) is 31.3 Å². The fraction of sp³-hybridized carbons (Fsp3) is 0.417. The number of nitrogens with one attached hydrogen (secondary N) is 1. The normalized spacial score (nSPS) is 18.4. The minimum atomic E-state index is -1.41. The van der Waals surface area contributed by atoms with Gasteiger partial charge in [0.15, 0.2) is 0 Å². The second-order valence-corrected chi connectivity index (χ2v) is 5.41. The number of carboxylic acids is 1. The quantitative estimate of drug-likeness (QED) is 0.838. The molecular weight excluding hydrogens is 280 g/mol. The first kappa shape index (κ1) is 13.6. The van der Waals surface area contributed by atoms with Gasteiger partial charge in [-0.1, -0.05) is 23.2 Å². The van der Waals surface area contributed by atoms with E-state index in [1.54, 1.807) is 0 Å². The van der Waals surface area contributed by atoms with Gasteiger partial charge < -0.3 is 5.11 Å². The Hall–Kier alpha value is -0.840. The number of rotatable bonds is 4. The Morgan fingerprint density at radius 3 is 2.56 bits per heavy atom. The number of hydrogen-bond acceptors (Lipinski definition) is 2. The highest BCUT2D eigenvalue weighted by atomic mass is 35.5. The highest BCUT2D eigenvalue weighted by Gasteiger charge is 2.41. The number of carboxylic acid groups (broad SMARTS) is 1. The summed E-state index contributed by atoms with van der Waals surface area (Å²) in [5, 5.41) is 12.4. The molecule has 3 nitrogen and oxygen atoms in total. The third-order valence-corrected chi connectivity index (χ3v) is 3.65. The Bertz CT molecular complexity index is 505. The van der Waals surface area contributed by atoms with Crippen LogP contribution in [0.3, 0.4) is 0 Å². The Kier molecular flexibility index (Phi) is 3.54. The summed E-state index contributed by atoms with van der Waals surface area (Å²) in [7, 11) is 0. The summed E-state index contributed by atoms with van der Waals surface area (Å²) in [5.74, 6) is -1.78. The van der Waals surface area contributed by atoms with E-state index in [1.165, 1.54) is 13.0 Å². The third kappa shape index (κ3) is 2.46. The van der Waals surface area contributed by atoms with Crippen molar-refractivity contribution >= 4 is 29.2 Å². The van der Waals surface area contributed by atoms with Gasteiger partial charge in [-0.25, -0.2) is 9.18 Å². The van der Waals surface area contributed by atoms with Crippen LogP contribution in [0, 0.1) is 5.82 Å². The highest BCUT2D eigenvalue weighted by Crippen LogP contribution is 2.35. The third-order valence-electron chi connectivity index (χ3n) is 3.05. The van der Waals surface area contributed by atoms with E-state index in [-0.39, 0.29) is 21.7 Å². The van der Waals surface area contributed by atoms with Crippen molar-refractivity contribution in [3.63, 3.8) is 0 Å². The summed E-state index contributed by atoms with van der Waals surface area (Å²) in [6.07, 6.45) is 1.83. The SMILES string of the molecule is CC(NC1CC1)(C(=O)O)c1cc(F)c(Cl)cc1Cl.